The molecule has 0 aliphatic carbocycles. The Hall–Kier alpha value is -2.82. The maximum atomic E-state index is 11.7. The lowest BCUT2D eigenvalue weighted by Crippen LogP contribution is -2.23. The molecule has 0 aliphatic heterocycles. The second-order valence-corrected chi connectivity index (χ2v) is 5.08. The number of hydrogen-bond donors (Lipinski definition) is 1. The molecule has 5 nitrogen and oxygen atoms in total. The largest absolute Gasteiger partial charge is 0.481 e. The van der Waals surface area contributed by atoms with Gasteiger partial charge in [-0.05, 0) is 37.1 Å². The number of benzene rings is 2. The third kappa shape index (κ3) is 5.14. The Kier molecular flexibility index (Phi) is 5.74. The van der Waals surface area contributed by atoms with Crippen molar-refractivity contribution in [2.75, 3.05) is 18.5 Å². The van der Waals surface area contributed by atoms with Crippen LogP contribution in [0, 0.1) is 13.8 Å². The number of rotatable bonds is 6. The number of nitrogens with one attached hydrogen (secondary N) is 1. The van der Waals surface area contributed by atoms with E-state index in [2.05, 4.69) is 5.32 Å². The molecule has 5 heteroatoms. The summed E-state index contributed by atoms with van der Waals surface area (Å²) in [4.78, 5) is 23.3. The van der Waals surface area contributed by atoms with E-state index in [1.807, 2.05) is 38.1 Å². The van der Waals surface area contributed by atoms with Crippen LogP contribution in [0.25, 0.3) is 0 Å². The van der Waals surface area contributed by atoms with Crippen molar-refractivity contribution < 1.29 is 19.1 Å². The summed E-state index contributed by atoms with van der Waals surface area (Å²) in [7, 11) is 0. The van der Waals surface area contributed by atoms with Crippen LogP contribution in [0.4, 0.5) is 5.69 Å². The van der Waals surface area contributed by atoms with E-state index in [-0.39, 0.29) is 13.2 Å². The molecule has 1 N–H and O–H groups in total. The van der Waals surface area contributed by atoms with Gasteiger partial charge in [0.2, 0.25) is 0 Å². The van der Waals surface area contributed by atoms with Crippen LogP contribution < -0.4 is 10.1 Å². The van der Waals surface area contributed by atoms with Gasteiger partial charge >= 0.3 is 5.97 Å². The fourth-order valence-corrected chi connectivity index (χ4v) is 2.06. The van der Waals surface area contributed by atoms with E-state index in [9.17, 15) is 9.59 Å². The Bertz CT molecular complexity index is 662. The van der Waals surface area contributed by atoms with Gasteiger partial charge in [-0.3, -0.25) is 4.79 Å². The van der Waals surface area contributed by atoms with Crippen LogP contribution in [0.5, 0.6) is 5.75 Å². The molecular formula is C18H19NO4. The van der Waals surface area contributed by atoms with Crippen LogP contribution in [0.1, 0.15) is 11.1 Å². The summed E-state index contributed by atoms with van der Waals surface area (Å²) in [6, 6.07) is 14.7. The molecule has 0 aromatic heterocycles. The summed E-state index contributed by atoms with van der Waals surface area (Å²) < 4.78 is 10.4. The van der Waals surface area contributed by atoms with Gasteiger partial charge in [0, 0.05) is 5.69 Å². The molecule has 2 aromatic rings. The van der Waals surface area contributed by atoms with E-state index < -0.39 is 11.9 Å². The SMILES string of the molecule is Cc1cccc(C)c1OCC(=O)OCC(=O)Nc1ccccc1. The maximum Gasteiger partial charge on any atom is 0.344 e. The summed E-state index contributed by atoms with van der Waals surface area (Å²) in [6.07, 6.45) is 0. The number of carbonyl (C=O) groups is 2. The smallest absolute Gasteiger partial charge is 0.344 e. The van der Waals surface area contributed by atoms with E-state index in [0.717, 1.165) is 11.1 Å². The molecule has 23 heavy (non-hydrogen) atoms. The molecule has 0 spiro atoms. The van der Waals surface area contributed by atoms with Gasteiger partial charge in [-0.1, -0.05) is 36.4 Å². The minimum Gasteiger partial charge on any atom is -0.481 e. The molecule has 0 atom stereocenters. The van der Waals surface area contributed by atoms with Crippen LogP contribution in [0.15, 0.2) is 48.5 Å². The molecule has 0 unspecified atom stereocenters. The number of hydrogen-bond acceptors (Lipinski definition) is 4. The number of esters is 1. The summed E-state index contributed by atoms with van der Waals surface area (Å²) in [6.45, 7) is 3.23. The van der Waals surface area contributed by atoms with Gasteiger partial charge in [0.1, 0.15) is 5.75 Å². The molecule has 0 saturated heterocycles. The van der Waals surface area contributed by atoms with Crippen LogP contribution in [-0.4, -0.2) is 25.1 Å². The molecule has 0 aliphatic rings. The van der Waals surface area contributed by atoms with E-state index in [4.69, 9.17) is 9.47 Å². The highest BCUT2D eigenvalue weighted by Crippen LogP contribution is 2.22. The highest BCUT2D eigenvalue weighted by molar-refractivity contribution is 5.92. The van der Waals surface area contributed by atoms with E-state index in [0.29, 0.717) is 11.4 Å². The molecule has 2 rings (SSSR count). The maximum absolute atomic E-state index is 11.7. The van der Waals surface area contributed by atoms with Gasteiger partial charge in [0.15, 0.2) is 13.2 Å². The Morgan fingerprint density at radius 3 is 2.22 bits per heavy atom. The lowest BCUT2D eigenvalue weighted by molar-refractivity contribution is -0.149. The van der Waals surface area contributed by atoms with Crippen LogP contribution in [0.2, 0.25) is 0 Å². The van der Waals surface area contributed by atoms with Gasteiger partial charge < -0.3 is 14.8 Å². The first-order chi connectivity index (χ1) is 11.1. The average molecular weight is 313 g/mol. The quantitative estimate of drug-likeness (QED) is 0.833. The zero-order valence-corrected chi connectivity index (χ0v) is 13.2. The highest BCUT2D eigenvalue weighted by atomic mass is 16.6. The first-order valence-corrected chi connectivity index (χ1v) is 7.26. The predicted molar refractivity (Wildman–Crippen MR) is 87.4 cm³/mol. The van der Waals surface area contributed by atoms with Crippen molar-refractivity contribution in [1.82, 2.24) is 0 Å². The van der Waals surface area contributed by atoms with Gasteiger partial charge in [0.05, 0.1) is 0 Å². The fraction of sp³-hybridized carbons (Fsp3) is 0.222. The van der Waals surface area contributed by atoms with Crippen molar-refractivity contribution in [2.24, 2.45) is 0 Å². The lowest BCUT2D eigenvalue weighted by Gasteiger charge is -2.11. The first kappa shape index (κ1) is 16.5. The molecule has 0 radical (unpaired) electrons. The van der Waals surface area contributed by atoms with Crippen molar-refractivity contribution in [3.63, 3.8) is 0 Å². The van der Waals surface area contributed by atoms with E-state index in [1.54, 1.807) is 24.3 Å². The Morgan fingerprint density at radius 1 is 0.913 bits per heavy atom. The summed E-state index contributed by atoms with van der Waals surface area (Å²) >= 11 is 0. The predicted octanol–water partition coefficient (Wildman–Crippen LogP) is 2.86. The third-order valence-electron chi connectivity index (χ3n) is 3.16. The van der Waals surface area contributed by atoms with Gasteiger partial charge in [0.25, 0.3) is 5.91 Å². The Balaban J connectivity index is 1.76. The minimum atomic E-state index is -0.587. The van der Waals surface area contributed by atoms with Crippen molar-refractivity contribution in [3.05, 3.63) is 59.7 Å². The van der Waals surface area contributed by atoms with Crippen molar-refractivity contribution in [2.45, 2.75) is 13.8 Å². The number of ether oxygens (including phenoxy) is 2. The fourth-order valence-electron chi connectivity index (χ4n) is 2.06. The lowest BCUT2D eigenvalue weighted by atomic mass is 10.1. The van der Waals surface area contributed by atoms with Gasteiger partial charge in [-0.2, -0.15) is 0 Å². The second-order valence-electron chi connectivity index (χ2n) is 5.08. The topological polar surface area (TPSA) is 64.6 Å². The molecule has 1 amide bonds. The summed E-state index contributed by atoms with van der Waals surface area (Å²) in [5.41, 5.74) is 2.54. The summed E-state index contributed by atoms with van der Waals surface area (Å²) in [5, 5.41) is 2.63. The van der Waals surface area contributed by atoms with Crippen molar-refractivity contribution >= 4 is 17.6 Å². The number of para-hydroxylation sites is 2. The molecule has 0 heterocycles. The monoisotopic (exact) mass is 313 g/mol. The van der Waals surface area contributed by atoms with E-state index in [1.165, 1.54) is 0 Å². The van der Waals surface area contributed by atoms with Crippen LogP contribution in [-0.2, 0) is 14.3 Å². The molecule has 2 aromatic carbocycles. The number of amides is 1. The molecular weight excluding hydrogens is 294 g/mol. The Morgan fingerprint density at radius 2 is 1.57 bits per heavy atom. The third-order valence-corrected chi connectivity index (χ3v) is 3.16. The second kappa shape index (κ2) is 7.98. The number of aryl methyl sites for hydroxylation is 2. The van der Waals surface area contributed by atoms with Gasteiger partial charge in [-0.15, -0.1) is 0 Å². The van der Waals surface area contributed by atoms with Crippen molar-refractivity contribution in [1.29, 1.82) is 0 Å². The number of carbonyl (C=O) groups excluding carboxylic acids is 2. The standard InChI is InChI=1S/C18H19NO4/c1-13-7-6-8-14(2)18(13)23-12-17(21)22-11-16(20)19-15-9-4-3-5-10-15/h3-10H,11-12H2,1-2H3,(H,19,20). The highest BCUT2D eigenvalue weighted by Gasteiger charge is 2.10. The van der Waals surface area contributed by atoms with Crippen LogP contribution >= 0.6 is 0 Å². The van der Waals surface area contributed by atoms with E-state index >= 15 is 0 Å². The normalized spacial score (nSPS) is 10.0. The average Bonchev–Trinajstić information content (AvgIpc) is 2.53. The van der Waals surface area contributed by atoms with Crippen molar-refractivity contribution in [3.8, 4) is 5.75 Å². The van der Waals surface area contributed by atoms with Crippen LogP contribution in [0.3, 0.4) is 0 Å². The first-order valence-electron chi connectivity index (χ1n) is 7.26. The summed E-state index contributed by atoms with van der Waals surface area (Å²) in [5.74, 6) is -0.314. The molecule has 0 bridgehead atoms. The zero-order chi connectivity index (χ0) is 16.7. The number of anilines is 1. The molecule has 0 fully saturated rings. The molecule has 120 valence electrons. The van der Waals surface area contributed by atoms with Gasteiger partial charge in [-0.25, -0.2) is 4.79 Å². The zero-order valence-electron chi connectivity index (χ0n) is 13.2. The Labute approximate surface area is 135 Å². The molecule has 0 saturated carbocycles. The minimum absolute atomic E-state index is 0.232.